The molecule has 0 aromatic heterocycles. The minimum atomic E-state index is -3.85. The molecular formula is C13H18N2O5S. The molecule has 1 fully saturated rings. The quantitative estimate of drug-likeness (QED) is 0.851. The number of carbonyl (C=O) groups excluding carboxylic acids is 1. The number of hydrogen-bond acceptors (Lipinski definition) is 5. The van der Waals surface area contributed by atoms with Crippen molar-refractivity contribution >= 4 is 21.6 Å². The van der Waals surface area contributed by atoms with Gasteiger partial charge in [0, 0.05) is 6.61 Å². The average Bonchev–Trinajstić information content (AvgIpc) is 2.84. The highest BCUT2D eigenvalue weighted by Crippen LogP contribution is 2.29. The summed E-state index contributed by atoms with van der Waals surface area (Å²) in [4.78, 5) is 12.1. The van der Waals surface area contributed by atoms with Crippen LogP contribution in [0.5, 0.6) is 5.75 Å². The highest BCUT2D eigenvalue weighted by Gasteiger charge is 2.31. The lowest BCUT2D eigenvalue weighted by Crippen LogP contribution is -2.31. The molecule has 7 nitrogen and oxygen atoms in total. The third-order valence-electron chi connectivity index (χ3n) is 3.40. The van der Waals surface area contributed by atoms with E-state index in [4.69, 9.17) is 14.6 Å². The molecule has 8 heteroatoms. The summed E-state index contributed by atoms with van der Waals surface area (Å²) in [5.74, 6) is 0.128. The topological polar surface area (TPSA) is 108 Å². The summed E-state index contributed by atoms with van der Waals surface area (Å²) in [6, 6.07) is 4.03. The lowest BCUT2D eigenvalue weighted by molar-refractivity contribution is -0.126. The smallest absolute Gasteiger partial charge is 0.253 e. The maximum absolute atomic E-state index is 12.2. The molecule has 0 aliphatic carbocycles. The maximum atomic E-state index is 12.2. The van der Waals surface area contributed by atoms with Crippen molar-refractivity contribution in [1.29, 1.82) is 0 Å². The molecule has 0 radical (unpaired) electrons. The number of amides is 1. The van der Waals surface area contributed by atoms with Crippen molar-refractivity contribution in [3.8, 4) is 5.75 Å². The normalized spacial score (nSPS) is 22.0. The van der Waals surface area contributed by atoms with E-state index in [1.165, 1.54) is 25.3 Å². The van der Waals surface area contributed by atoms with Crippen LogP contribution in [0, 0.1) is 5.92 Å². The van der Waals surface area contributed by atoms with Crippen molar-refractivity contribution in [2.24, 2.45) is 11.1 Å². The second-order valence-electron chi connectivity index (χ2n) is 4.95. The van der Waals surface area contributed by atoms with E-state index in [0.29, 0.717) is 12.4 Å². The van der Waals surface area contributed by atoms with E-state index in [2.05, 4.69) is 5.32 Å². The SMILES string of the molecule is COc1ccc(S(N)(=O)=O)cc1NC(=O)C1OCCC1C. The van der Waals surface area contributed by atoms with Gasteiger partial charge in [-0.3, -0.25) is 4.79 Å². The van der Waals surface area contributed by atoms with E-state index in [1.807, 2.05) is 6.92 Å². The van der Waals surface area contributed by atoms with Crippen LogP contribution in [0.15, 0.2) is 23.1 Å². The zero-order chi connectivity index (χ0) is 15.6. The van der Waals surface area contributed by atoms with Crippen LogP contribution < -0.4 is 15.2 Å². The molecule has 0 saturated carbocycles. The van der Waals surface area contributed by atoms with Gasteiger partial charge in [0.15, 0.2) is 0 Å². The van der Waals surface area contributed by atoms with E-state index in [9.17, 15) is 13.2 Å². The molecule has 2 atom stereocenters. The molecule has 2 rings (SSSR count). The van der Waals surface area contributed by atoms with Crippen LogP contribution >= 0.6 is 0 Å². The van der Waals surface area contributed by atoms with Crippen molar-refractivity contribution in [3.05, 3.63) is 18.2 Å². The molecule has 1 heterocycles. The van der Waals surface area contributed by atoms with E-state index < -0.39 is 16.1 Å². The number of methoxy groups -OCH3 is 1. The predicted octanol–water partition coefficient (Wildman–Crippen LogP) is 0.706. The predicted molar refractivity (Wildman–Crippen MR) is 76.5 cm³/mol. The van der Waals surface area contributed by atoms with E-state index in [0.717, 1.165) is 6.42 Å². The number of rotatable bonds is 4. The number of benzene rings is 1. The second kappa shape index (κ2) is 6.00. The number of sulfonamides is 1. The monoisotopic (exact) mass is 314 g/mol. The molecule has 1 saturated heterocycles. The van der Waals surface area contributed by atoms with Crippen molar-refractivity contribution < 1.29 is 22.7 Å². The zero-order valence-corrected chi connectivity index (χ0v) is 12.6. The molecular weight excluding hydrogens is 296 g/mol. The number of anilines is 1. The van der Waals surface area contributed by atoms with Gasteiger partial charge in [-0.05, 0) is 30.5 Å². The first-order valence-corrected chi connectivity index (χ1v) is 8.01. The van der Waals surface area contributed by atoms with Crippen molar-refractivity contribution in [2.45, 2.75) is 24.3 Å². The van der Waals surface area contributed by atoms with Crippen LogP contribution in [0.25, 0.3) is 0 Å². The Kier molecular flexibility index (Phi) is 4.50. The molecule has 1 aliphatic rings. The van der Waals surface area contributed by atoms with Crippen LogP contribution in [0.3, 0.4) is 0 Å². The van der Waals surface area contributed by atoms with Crippen molar-refractivity contribution in [1.82, 2.24) is 0 Å². The van der Waals surface area contributed by atoms with Gasteiger partial charge in [0.1, 0.15) is 11.9 Å². The van der Waals surface area contributed by atoms with Gasteiger partial charge in [-0.15, -0.1) is 0 Å². The van der Waals surface area contributed by atoms with Crippen LogP contribution in [-0.2, 0) is 19.6 Å². The fraction of sp³-hybridized carbons (Fsp3) is 0.462. The van der Waals surface area contributed by atoms with E-state index in [-0.39, 0.29) is 22.4 Å². The molecule has 116 valence electrons. The summed E-state index contributed by atoms with van der Waals surface area (Å²) in [5.41, 5.74) is 0.247. The van der Waals surface area contributed by atoms with Crippen LogP contribution in [-0.4, -0.2) is 34.1 Å². The fourth-order valence-corrected chi connectivity index (χ4v) is 2.74. The number of primary sulfonamides is 1. The summed E-state index contributed by atoms with van der Waals surface area (Å²) in [6.07, 6.45) is 0.264. The van der Waals surface area contributed by atoms with Crippen molar-refractivity contribution in [3.63, 3.8) is 0 Å². The standard InChI is InChI=1S/C13H18N2O5S/c1-8-5-6-20-12(8)13(16)15-10-7-9(21(14,17)18)3-4-11(10)19-2/h3-4,7-8,12H,5-6H2,1-2H3,(H,15,16)(H2,14,17,18). The number of hydrogen-bond donors (Lipinski definition) is 2. The Morgan fingerprint density at radius 1 is 1.48 bits per heavy atom. The number of nitrogens with two attached hydrogens (primary N) is 1. The first-order chi connectivity index (χ1) is 9.82. The van der Waals surface area contributed by atoms with Crippen LogP contribution in [0.1, 0.15) is 13.3 Å². The summed E-state index contributed by atoms with van der Waals surface area (Å²) in [6.45, 7) is 2.46. The van der Waals surface area contributed by atoms with Crippen molar-refractivity contribution in [2.75, 3.05) is 19.0 Å². The van der Waals surface area contributed by atoms with Gasteiger partial charge in [-0.1, -0.05) is 6.92 Å². The Morgan fingerprint density at radius 2 is 2.19 bits per heavy atom. The average molecular weight is 314 g/mol. The van der Waals surface area contributed by atoms with Gasteiger partial charge in [0.2, 0.25) is 10.0 Å². The molecule has 3 N–H and O–H groups in total. The molecule has 1 aliphatic heterocycles. The van der Waals surface area contributed by atoms with Gasteiger partial charge >= 0.3 is 0 Å². The molecule has 0 spiro atoms. The van der Waals surface area contributed by atoms with E-state index in [1.54, 1.807) is 0 Å². The first-order valence-electron chi connectivity index (χ1n) is 6.46. The first kappa shape index (κ1) is 15.7. The van der Waals surface area contributed by atoms with Gasteiger partial charge in [-0.25, -0.2) is 13.6 Å². The third kappa shape index (κ3) is 3.52. The van der Waals surface area contributed by atoms with Gasteiger partial charge in [0.05, 0.1) is 17.7 Å². The van der Waals surface area contributed by atoms with Gasteiger partial charge in [0.25, 0.3) is 5.91 Å². The largest absolute Gasteiger partial charge is 0.495 e. The van der Waals surface area contributed by atoms with Crippen LogP contribution in [0.2, 0.25) is 0 Å². The summed E-state index contributed by atoms with van der Waals surface area (Å²) in [7, 11) is -2.43. The molecule has 0 bridgehead atoms. The number of carbonyl (C=O) groups is 1. The maximum Gasteiger partial charge on any atom is 0.253 e. The highest BCUT2D eigenvalue weighted by molar-refractivity contribution is 7.89. The lowest BCUT2D eigenvalue weighted by Gasteiger charge is -2.16. The minimum absolute atomic E-state index is 0.0982. The molecule has 21 heavy (non-hydrogen) atoms. The Labute approximate surface area is 123 Å². The highest BCUT2D eigenvalue weighted by atomic mass is 32.2. The molecule has 1 aromatic carbocycles. The fourth-order valence-electron chi connectivity index (χ4n) is 2.20. The molecule has 2 unspecified atom stereocenters. The summed E-state index contributed by atoms with van der Waals surface area (Å²) < 4.78 is 33.2. The second-order valence-corrected chi connectivity index (χ2v) is 6.52. The summed E-state index contributed by atoms with van der Waals surface area (Å²) >= 11 is 0. The van der Waals surface area contributed by atoms with Gasteiger partial charge < -0.3 is 14.8 Å². The van der Waals surface area contributed by atoms with Gasteiger partial charge in [-0.2, -0.15) is 0 Å². The minimum Gasteiger partial charge on any atom is -0.495 e. The Bertz CT molecular complexity index is 644. The Balaban J connectivity index is 2.27. The van der Waals surface area contributed by atoms with Crippen LogP contribution in [0.4, 0.5) is 5.69 Å². The third-order valence-corrected chi connectivity index (χ3v) is 4.31. The molecule has 1 amide bonds. The summed E-state index contributed by atoms with van der Waals surface area (Å²) in [5, 5.41) is 7.72. The number of nitrogens with one attached hydrogen (secondary N) is 1. The molecule has 1 aromatic rings. The zero-order valence-electron chi connectivity index (χ0n) is 11.8. The Morgan fingerprint density at radius 3 is 2.71 bits per heavy atom. The lowest BCUT2D eigenvalue weighted by atomic mass is 10.0. The Hall–Kier alpha value is -1.64. The number of ether oxygens (including phenoxy) is 2. The van der Waals surface area contributed by atoms with E-state index >= 15 is 0 Å².